The molecule has 0 bridgehead atoms. The Morgan fingerprint density at radius 2 is 1.87 bits per heavy atom. The molecule has 0 saturated heterocycles. The largest absolute Gasteiger partial charge is 0.480 e. The third-order valence-corrected chi connectivity index (χ3v) is 3.71. The van der Waals surface area contributed by atoms with Crippen molar-refractivity contribution in [3.05, 3.63) is 0 Å². The van der Waals surface area contributed by atoms with E-state index in [0.717, 1.165) is 6.42 Å². The summed E-state index contributed by atoms with van der Waals surface area (Å²) in [6.45, 7) is 2.81. The molecule has 0 aromatic rings. The van der Waals surface area contributed by atoms with Gasteiger partial charge in [-0.15, -0.1) is 0 Å². The van der Waals surface area contributed by atoms with Crippen LogP contribution in [0.15, 0.2) is 0 Å². The van der Waals surface area contributed by atoms with E-state index >= 15 is 0 Å². The van der Waals surface area contributed by atoms with Gasteiger partial charge in [0.2, 0.25) is 5.91 Å². The van der Waals surface area contributed by atoms with Crippen LogP contribution in [0.1, 0.15) is 39.0 Å². The van der Waals surface area contributed by atoms with Crippen LogP contribution in [0.5, 0.6) is 0 Å². The van der Waals surface area contributed by atoms with E-state index in [4.69, 9.17) is 5.11 Å². The zero-order valence-electron chi connectivity index (χ0n) is 9.01. The first kappa shape index (κ1) is 10.5. The highest BCUT2D eigenvalue weighted by Crippen LogP contribution is 2.48. The molecule has 0 spiro atoms. The molecule has 2 fully saturated rings. The van der Waals surface area contributed by atoms with Crippen LogP contribution in [0.2, 0.25) is 0 Å². The fraction of sp³-hybridized carbons (Fsp3) is 0.818. The molecule has 15 heavy (non-hydrogen) atoms. The van der Waals surface area contributed by atoms with Crippen LogP contribution < -0.4 is 5.32 Å². The van der Waals surface area contributed by atoms with Gasteiger partial charge in [-0.25, -0.2) is 0 Å². The predicted octanol–water partition coefficient (Wildman–Crippen LogP) is 1.16. The maximum atomic E-state index is 11.6. The monoisotopic (exact) mass is 211 g/mol. The number of nitrogens with one attached hydrogen (secondary N) is 1. The molecule has 2 saturated carbocycles. The second kappa shape index (κ2) is 3.22. The first-order valence-electron chi connectivity index (χ1n) is 5.50. The van der Waals surface area contributed by atoms with Crippen LogP contribution >= 0.6 is 0 Å². The average molecular weight is 211 g/mol. The van der Waals surface area contributed by atoms with Crippen LogP contribution in [0.25, 0.3) is 0 Å². The molecule has 2 N–H and O–H groups in total. The van der Waals surface area contributed by atoms with E-state index in [0.29, 0.717) is 24.8 Å². The van der Waals surface area contributed by atoms with Gasteiger partial charge in [0.1, 0.15) is 5.41 Å². The van der Waals surface area contributed by atoms with Crippen molar-refractivity contribution in [3.63, 3.8) is 0 Å². The molecular weight excluding hydrogens is 194 g/mol. The number of carbonyl (C=O) groups is 2. The third-order valence-electron chi connectivity index (χ3n) is 3.71. The summed E-state index contributed by atoms with van der Waals surface area (Å²) in [6, 6.07) is 0. The summed E-state index contributed by atoms with van der Waals surface area (Å²) in [4.78, 5) is 22.4. The number of amides is 1. The molecule has 2 aliphatic carbocycles. The highest BCUT2D eigenvalue weighted by molar-refractivity contribution is 6.04. The maximum Gasteiger partial charge on any atom is 0.319 e. The van der Waals surface area contributed by atoms with Gasteiger partial charge in [0, 0.05) is 6.54 Å². The Morgan fingerprint density at radius 1 is 1.27 bits per heavy atom. The molecule has 0 radical (unpaired) electrons. The van der Waals surface area contributed by atoms with Gasteiger partial charge in [-0.05, 0) is 37.5 Å². The number of carbonyl (C=O) groups excluding carboxylic acids is 1. The third kappa shape index (κ3) is 1.98. The quantitative estimate of drug-likeness (QED) is 0.670. The van der Waals surface area contributed by atoms with Crippen LogP contribution in [0.4, 0.5) is 0 Å². The van der Waals surface area contributed by atoms with E-state index < -0.39 is 11.4 Å². The van der Waals surface area contributed by atoms with Crippen molar-refractivity contribution in [2.45, 2.75) is 39.0 Å². The van der Waals surface area contributed by atoms with Crippen molar-refractivity contribution in [2.75, 3.05) is 6.54 Å². The minimum absolute atomic E-state index is 0.292. The molecule has 1 amide bonds. The summed E-state index contributed by atoms with van der Waals surface area (Å²) in [5.74, 6) is -1.27. The average Bonchev–Trinajstić information content (AvgIpc) is 3.00. The Kier molecular flexibility index (Phi) is 2.24. The summed E-state index contributed by atoms with van der Waals surface area (Å²) in [6.07, 6.45) is 4.41. The number of hydrogen-bond donors (Lipinski definition) is 2. The minimum Gasteiger partial charge on any atom is -0.480 e. The molecule has 0 heterocycles. The van der Waals surface area contributed by atoms with Gasteiger partial charge in [-0.3, -0.25) is 9.59 Å². The molecule has 84 valence electrons. The lowest BCUT2D eigenvalue weighted by molar-refractivity contribution is -0.149. The molecule has 4 heteroatoms. The lowest BCUT2D eigenvalue weighted by Gasteiger charge is -2.12. The van der Waals surface area contributed by atoms with Gasteiger partial charge in [0.15, 0.2) is 0 Å². The summed E-state index contributed by atoms with van der Waals surface area (Å²) in [7, 11) is 0. The Bertz CT molecular complexity index is 303. The van der Waals surface area contributed by atoms with Crippen molar-refractivity contribution in [1.82, 2.24) is 5.32 Å². The zero-order chi connectivity index (χ0) is 11.1. The summed E-state index contributed by atoms with van der Waals surface area (Å²) in [5.41, 5.74) is -0.669. The second-order valence-electron chi connectivity index (χ2n) is 5.20. The Balaban J connectivity index is 1.75. The fourth-order valence-corrected chi connectivity index (χ4v) is 1.77. The van der Waals surface area contributed by atoms with E-state index in [2.05, 4.69) is 12.2 Å². The molecule has 0 aromatic heterocycles. The highest BCUT2D eigenvalue weighted by atomic mass is 16.4. The second-order valence-corrected chi connectivity index (χ2v) is 5.20. The summed E-state index contributed by atoms with van der Waals surface area (Å²) < 4.78 is 0. The number of rotatable bonds is 5. The Morgan fingerprint density at radius 3 is 2.27 bits per heavy atom. The first-order chi connectivity index (χ1) is 6.99. The molecule has 4 nitrogen and oxygen atoms in total. The number of hydrogen-bond acceptors (Lipinski definition) is 2. The van der Waals surface area contributed by atoms with Crippen molar-refractivity contribution in [1.29, 1.82) is 0 Å². The Labute approximate surface area is 89.0 Å². The number of carboxylic acid groups (broad SMARTS) is 1. The molecule has 0 aromatic carbocycles. The molecule has 2 aliphatic rings. The molecule has 2 rings (SSSR count). The molecule has 0 aliphatic heterocycles. The lowest BCUT2D eigenvalue weighted by atomic mass is 10.0. The number of aliphatic carboxylic acids is 1. The zero-order valence-corrected chi connectivity index (χ0v) is 9.01. The smallest absolute Gasteiger partial charge is 0.319 e. The predicted molar refractivity (Wildman–Crippen MR) is 54.3 cm³/mol. The van der Waals surface area contributed by atoms with Crippen LogP contribution in [0.3, 0.4) is 0 Å². The van der Waals surface area contributed by atoms with Crippen LogP contribution in [0, 0.1) is 10.8 Å². The van der Waals surface area contributed by atoms with Gasteiger partial charge in [0.05, 0.1) is 0 Å². The summed E-state index contributed by atoms with van der Waals surface area (Å²) >= 11 is 0. The topological polar surface area (TPSA) is 66.4 Å². The van der Waals surface area contributed by atoms with Gasteiger partial charge < -0.3 is 10.4 Å². The van der Waals surface area contributed by atoms with E-state index in [-0.39, 0.29) is 5.91 Å². The molecule has 0 atom stereocenters. The first-order valence-corrected chi connectivity index (χ1v) is 5.50. The normalized spacial score (nSPS) is 24.3. The van der Waals surface area contributed by atoms with E-state index in [9.17, 15) is 9.59 Å². The van der Waals surface area contributed by atoms with Gasteiger partial charge in [0.25, 0.3) is 0 Å². The lowest BCUT2D eigenvalue weighted by Crippen LogP contribution is -2.37. The fourth-order valence-electron chi connectivity index (χ4n) is 1.77. The minimum atomic E-state index is -1.08. The van der Waals surface area contributed by atoms with E-state index in [1.807, 2.05) is 0 Å². The van der Waals surface area contributed by atoms with Gasteiger partial charge >= 0.3 is 5.97 Å². The maximum absolute atomic E-state index is 11.6. The molecular formula is C11H17NO3. The van der Waals surface area contributed by atoms with Crippen molar-refractivity contribution in [3.8, 4) is 0 Å². The standard InChI is InChI=1S/C11H17NO3/c1-10(2-3-10)6-7-12-8(13)11(4-5-11)9(14)15/h2-7H2,1H3,(H,12,13)(H,14,15). The van der Waals surface area contributed by atoms with Crippen molar-refractivity contribution >= 4 is 11.9 Å². The number of carboxylic acids is 1. The summed E-state index contributed by atoms with van der Waals surface area (Å²) in [5, 5.41) is 11.6. The van der Waals surface area contributed by atoms with Gasteiger partial charge in [-0.1, -0.05) is 6.92 Å². The van der Waals surface area contributed by atoms with Crippen LogP contribution in [-0.4, -0.2) is 23.5 Å². The Hall–Kier alpha value is -1.06. The van der Waals surface area contributed by atoms with E-state index in [1.54, 1.807) is 0 Å². The van der Waals surface area contributed by atoms with Crippen molar-refractivity contribution in [2.24, 2.45) is 10.8 Å². The highest BCUT2D eigenvalue weighted by Gasteiger charge is 2.57. The van der Waals surface area contributed by atoms with Crippen molar-refractivity contribution < 1.29 is 14.7 Å². The van der Waals surface area contributed by atoms with Gasteiger partial charge in [-0.2, -0.15) is 0 Å². The van der Waals surface area contributed by atoms with Crippen LogP contribution in [-0.2, 0) is 9.59 Å². The molecule has 0 unspecified atom stereocenters. The van der Waals surface area contributed by atoms with E-state index in [1.165, 1.54) is 12.8 Å². The SMILES string of the molecule is CC1(CCNC(=O)C2(C(=O)O)CC2)CC1.